The van der Waals surface area contributed by atoms with Crippen molar-refractivity contribution in [2.45, 2.75) is 12.5 Å². The summed E-state index contributed by atoms with van der Waals surface area (Å²) in [4.78, 5) is 24.0. The van der Waals surface area contributed by atoms with Gasteiger partial charge in [-0.3, -0.25) is 9.59 Å². The van der Waals surface area contributed by atoms with Gasteiger partial charge in [-0.1, -0.05) is 18.2 Å². The van der Waals surface area contributed by atoms with E-state index in [0.29, 0.717) is 25.3 Å². The molecule has 25 heavy (non-hydrogen) atoms. The van der Waals surface area contributed by atoms with Crippen molar-refractivity contribution in [3.05, 3.63) is 59.9 Å². The van der Waals surface area contributed by atoms with Crippen LogP contribution in [0.25, 0.3) is 0 Å². The van der Waals surface area contributed by atoms with Crippen molar-refractivity contribution in [2.24, 2.45) is 5.92 Å². The summed E-state index contributed by atoms with van der Waals surface area (Å²) >= 11 is 0. The zero-order valence-electron chi connectivity index (χ0n) is 13.7. The molecular weight excluding hydrogens is 320 g/mol. The molecule has 0 saturated carbocycles. The van der Waals surface area contributed by atoms with Gasteiger partial charge in [-0.05, 0) is 30.7 Å². The Bertz CT molecular complexity index is 647. The Hall–Kier alpha value is -2.80. The van der Waals surface area contributed by atoms with Crippen molar-refractivity contribution < 1.29 is 14.3 Å². The lowest BCUT2D eigenvalue weighted by Gasteiger charge is -2.11. The molecule has 3 rings (SSSR count). The Labute approximate surface area is 145 Å². The van der Waals surface area contributed by atoms with Gasteiger partial charge in [0.25, 0.3) is 11.8 Å². The molecule has 1 fully saturated rings. The van der Waals surface area contributed by atoms with Crippen LogP contribution in [-0.4, -0.2) is 47.8 Å². The van der Waals surface area contributed by atoms with E-state index in [0.717, 1.165) is 6.42 Å². The molecule has 0 unspecified atom stereocenters. The number of aromatic nitrogens is 2. The van der Waals surface area contributed by atoms with E-state index in [-0.39, 0.29) is 29.5 Å². The first kappa shape index (κ1) is 17.0. The van der Waals surface area contributed by atoms with Crippen LogP contribution in [0.1, 0.15) is 27.3 Å². The van der Waals surface area contributed by atoms with E-state index >= 15 is 0 Å². The number of amides is 2. The highest BCUT2D eigenvalue weighted by atomic mass is 16.5. The summed E-state index contributed by atoms with van der Waals surface area (Å²) in [5.74, 6) is -0.108. The molecule has 0 radical (unpaired) electrons. The summed E-state index contributed by atoms with van der Waals surface area (Å²) in [6, 6.07) is 12.4. The van der Waals surface area contributed by atoms with Gasteiger partial charge in [0.15, 0.2) is 5.69 Å². The molecule has 1 aliphatic heterocycles. The monoisotopic (exact) mass is 340 g/mol. The standard InChI is InChI=1S/C18H20N4O3/c23-17(14-5-2-1-3-6-14)19-10-13-9-15(25-12-13)11-20-18(24)16-7-4-8-21-22-16/h1-8,13,15H,9-12H2,(H,19,23)(H,20,24)/t13-,15+/m1/s1. The summed E-state index contributed by atoms with van der Waals surface area (Å²) in [5, 5.41) is 13.2. The molecule has 2 heterocycles. The largest absolute Gasteiger partial charge is 0.376 e. The molecule has 0 aliphatic carbocycles. The van der Waals surface area contributed by atoms with Crippen LogP contribution in [0.3, 0.4) is 0 Å². The van der Waals surface area contributed by atoms with Crippen molar-refractivity contribution in [2.75, 3.05) is 19.7 Å². The number of rotatable bonds is 6. The summed E-state index contributed by atoms with van der Waals surface area (Å²) in [5.41, 5.74) is 0.932. The number of nitrogens with zero attached hydrogens (tertiary/aromatic N) is 2. The van der Waals surface area contributed by atoms with E-state index in [1.54, 1.807) is 24.3 Å². The Morgan fingerprint density at radius 1 is 1.04 bits per heavy atom. The first-order chi connectivity index (χ1) is 12.2. The average Bonchev–Trinajstić information content (AvgIpc) is 3.13. The Kier molecular flexibility index (Phi) is 5.69. The average molecular weight is 340 g/mol. The lowest BCUT2D eigenvalue weighted by Crippen LogP contribution is -2.33. The number of hydrogen-bond acceptors (Lipinski definition) is 5. The Morgan fingerprint density at radius 2 is 1.84 bits per heavy atom. The zero-order chi connectivity index (χ0) is 17.5. The first-order valence-electron chi connectivity index (χ1n) is 8.23. The van der Waals surface area contributed by atoms with Crippen LogP contribution in [0.2, 0.25) is 0 Å². The summed E-state index contributed by atoms with van der Waals surface area (Å²) in [7, 11) is 0. The molecule has 1 aromatic carbocycles. The smallest absolute Gasteiger partial charge is 0.271 e. The maximum atomic E-state index is 12.0. The van der Waals surface area contributed by atoms with E-state index in [1.807, 2.05) is 18.2 Å². The third-order valence-corrected chi connectivity index (χ3v) is 4.05. The molecule has 130 valence electrons. The molecule has 7 nitrogen and oxygen atoms in total. The van der Waals surface area contributed by atoms with Gasteiger partial charge in [-0.15, -0.1) is 5.10 Å². The van der Waals surface area contributed by atoms with E-state index in [1.165, 1.54) is 6.20 Å². The van der Waals surface area contributed by atoms with Crippen molar-refractivity contribution >= 4 is 11.8 Å². The van der Waals surface area contributed by atoms with Crippen molar-refractivity contribution in [3.8, 4) is 0 Å². The number of ether oxygens (including phenoxy) is 1. The van der Waals surface area contributed by atoms with Gasteiger partial charge in [0, 0.05) is 30.8 Å². The van der Waals surface area contributed by atoms with E-state index in [9.17, 15) is 9.59 Å². The highest BCUT2D eigenvalue weighted by molar-refractivity contribution is 5.94. The summed E-state index contributed by atoms with van der Waals surface area (Å²) in [6.45, 7) is 1.54. The van der Waals surface area contributed by atoms with Gasteiger partial charge in [0.2, 0.25) is 0 Å². The quantitative estimate of drug-likeness (QED) is 0.820. The van der Waals surface area contributed by atoms with Crippen LogP contribution in [0.5, 0.6) is 0 Å². The molecule has 1 aliphatic rings. The van der Waals surface area contributed by atoms with E-state index in [2.05, 4.69) is 20.8 Å². The fraction of sp³-hybridized carbons (Fsp3) is 0.333. The Morgan fingerprint density at radius 3 is 2.60 bits per heavy atom. The van der Waals surface area contributed by atoms with Crippen LogP contribution in [0.15, 0.2) is 48.7 Å². The van der Waals surface area contributed by atoms with Crippen LogP contribution >= 0.6 is 0 Å². The maximum Gasteiger partial charge on any atom is 0.271 e. The van der Waals surface area contributed by atoms with Crippen LogP contribution in [0, 0.1) is 5.92 Å². The minimum absolute atomic E-state index is 0.0563. The van der Waals surface area contributed by atoms with Gasteiger partial charge >= 0.3 is 0 Å². The second-order valence-electron chi connectivity index (χ2n) is 5.95. The molecule has 7 heteroatoms. The lowest BCUT2D eigenvalue weighted by molar-refractivity contribution is 0.0839. The second kappa shape index (κ2) is 8.34. The fourth-order valence-electron chi connectivity index (χ4n) is 2.71. The molecule has 1 aromatic heterocycles. The van der Waals surface area contributed by atoms with Crippen LogP contribution < -0.4 is 10.6 Å². The van der Waals surface area contributed by atoms with E-state index < -0.39 is 0 Å². The van der Waals surface area contributed by atoms with Crippen molar-refractivity contribution in [1.29, 1.82) is 0 Å². The minimum atomic E-state index is -0.266. The van der Waals surface area contributed by atoms with Crippen molar-refractivity contribution in [3.63, 3.8) is 0 Å². The van der Waals surface area contributed by atoms with Gasteiger partial charge < -0.3 is 15.4 Å². The lowest BCUT2D eigenvalue weighted by atomic mass is 10.1. The first-order valence-corrected chi connectivity index (χ1v) is 8.23. The number of hydrogen-bond donors (Lipinski definition) is 2. The predicted molar refractivity (Wildman–Crippen MR) is 91.0 cm³/mol. The molecule has 1 saturated heterocycles. The zero-order valence-corrected chi connectivity index (χ0v) is 13.7. The van der Waals surface area contributed by atoms with Gasteiger partial charge in [0.1, 0.15) is 0 Å². The molecule has 2 atom stereocenters. The minimum Gasteiger partial charge on any atom is -0.376 e. The third kappa shape index (κ3) is 4.84. The van der Waals surface area contributed by atoms with Crippen molar-refractivity contribution in [1.82, 2.24) is 20.8 Å². The SMILES string of the molecule is O=C(NC[C@@H]1CO[C@H](CNC(=O)c2cccnn2)C1)c1ccccc1. The number of benzene rings is 1. The fourth-order valence-corrected chi connectivity index (χ4v) is 2.71. The number of carbonyl (C=O) groups is 2. The predicted octanol–water partition coefficient (Wildman–Crippen LogP) is 1.04. The van der Waals surface area contributed by atoms with Gasteiger partial charge in [0.05, 0.1) is 12.7 Å². The normalized spacial score (nSPS) is 19.4. The summed E-state index contributed by atoms with van der Waals surface area (Å²) < 4.78 is 5.69. The second-order valence-corrected chi connectivity index (χ2v) is 5.95. The highest BCUT2D eigenvalue weighted by Crippen LogP contribution is 2.18. The van der Waals surface area contributed by atoms with E-state index in [4.69, 9.17) is 4.74 Å². The third-order valence-electron chi connectivity index (χ3n) is 4.05. The van der Waals surface area contributed by atoms with Crippen LogP contribution in [-0.2, 0) is 4.74 Å². The highest BCUT2D eigenvalue weighted by Gasteiger charge is 2.26. The molecule has 2 amide bonds. The van der Waals surface area contributed by atoms with Gasteiger partial charge in [-0.2, -0.15) is 5.10 Å². The van der Waals surface area contributed by atoms with Crippen LogP contribution in [0.4, 0.5) is 0 Å². The molecule has 0 bridgehead atoms. The Balaban J connectivity index is 1.39. The van der Waals surface area contributed by atoms with Gasteiger partial charge in [-0.25, -0.2) is 0 Å². The maximum absolute atomic E-state index is 12.0. The summed E-state index contributed by atoms with van der Waals surface area (Å²) in [6.07, 6.45) is 2.25. The number of carbonyl (C=O) groups excluding carboxylic acids is 2. The molecule has 0 spiro atoms. The molecule has 2 aromatic rings. The number of nitrogens with one attached hydrogen (secondary N) is 2. The molecule has 2 N–H and O–H groups in total. The molecular formula is C18H20N4O3. The topological polar surface area (TPSA) is 93.2 Å².